The fourth-order valence-corrected chi connectivity index (χ4v) is 2.74. The summed E-state index contributed by atoms with van der Waals surface area (Å²) in [5.74, 6) is -0.853. The maximum atomic E-state index is 13.2. The number of carbonyl (C=O) groups is 2. The number of hydrogen-bond donors (Lipinski definition) is 1. The molecule has 0 radical (unpaired) electrons. The molecule has 1 saturated heterocycles. The van der Waals surface area contributed by atoms with Crippen molar-refractivity contribution in [3.05, 3.63) is 54.2 Å². The molecule has 5 nitrogen and oxygen atoms in total. The molecule has 120 valence electrons. The molecule has 1 unspecified atom stereocenters. The van der Waals surface area contributed by atoms with E-state index in [4.69, 9.17) is 4.42 Å². The molecule has 0 spiro atoms. The first-order chi connectivity index (χ1) is 11.1. The molecular formula is C17H17FN2O3. The summed E-state index contributed by atoms with van der Waals surface area (Å²) in [5.41, 5.74) is 0.421. The second-order valence-electron chi connectivity index (χ2n) is 5.57. The number of amides is 2. The van der Waals surface area contributed by atoms with Crippen molar-refractivity contribution in [1.29, 1.82) is 0 Å². The van der Waals surface area contributed by atoms with Crippen LogP contribution in [0.25, 0.3) is 0 Å². The summed E-state index contributed by atoms with van der Waals surface area (Å²) in [6, 6.07) is 9.03. The minimum absolute atomic E-state index is 0.201. The monoisotopic (exact) mass is 316 g/mol. The van der Waals surface area contributed by atoms with E-state index in [0.717, 1.165) is 6.42 Å². The van der Waals surface area contributed by atoms with Crippen LogP contribution < -0.4 is 5.32 Å². The van der Waals surface area contributed by atoms with Gasteiger partial charge in [0.15, 0.2) is 5.76 Å². The van der Waals surface area contributed by atoms with Crippen molar-refractivity contribution in [1.82, 2.24) is 4.90 Å². The van der Waals surface area contributed by atoms with Crippen LogP contribution in [0.4, 0.5) is 10.1 Å². The molecule has 1 aromatic carbocycles. The van der Waals surface area contributed by atoms with Crippen molar-refractivity contribution in [2.45, 2.75) is 12.8 Å². The van der Waals surface area contributed by atoms with E-state index in [1.807, 2.05) is 0 Å². The number of hydrogen-bond acceptors (Lipinski definition) is 3. The minimum Gasteiger partial charge on any atom is -0.459 e. The maximum Gasteiger partial charge on any atom is 0.289 e. The molecule has 1 N–H and O–H groups in total. The van der Waals surface area contributed by atoms with E-state index >= 15 is 0 Å². The summed E-state index contributed by atoms with van der Waals surface area (Å²) >= 11 is 0. The highest BCUT2D eigenvalue weighted by atomic mass is 19.1. The van der Waals surface area contributed by atoms with Crippen molar-refractivity contribution in [3.63, 3.8) is 0 Å². The zero-order valence-corrected chi connectivity index (χ0v) is 12.5. The molecule has 1 aliphatic heterocycles. The Labute approximate surface area is 133 Å². The van der Waals surface area contributed by atoms with E-state index in [-0.39, 0.29) is 23.5 Å². The van der Waals surface area contributed by atoms with E-state index in [9.17, 15) is 14.0 Å². The van der Waals surface area contributed by atoms with E-state index in [1.165, 1.54) is 18.4 Å². The highest BCUT2D eigenvalue weighted by Gasteiger charge is 2.29. The molecular weight excluding hydrogens is 299 g/mol. The highest BCUT2D eigenvalue weighted by molar-refractivity contribution is 5.95. The summed E-state index contributed by atoms with van der Waals surface area (Å²) in [6.45, 7) is 0.934. The topological polar surface area (TPSA) is 62.6 Å². The van der Waals surface area contributed by atoms with Gasteiger partial charge in [-0.3, -0.25) is 9.59 Å². The van der Waals surface area contributed by atoms with Gasteiger partial charge in [-0.05, 0) is 43.2 Å². The molecule has 2 heterocycles. The molecule has 0 aliphatic carbocycles. The third-order valence-corrected chi connectivity index (χ3v) is 3.90. The Morgan fingerprint density at radius 2 is 2.13 bits per heavy atom. The highest BCUT2D eigenvalue weighted by Crippen LogP contribution is 2.21. The summed E-state index contributed by atoms with van der Waals surface area (Å²) in [6.07, 6.45) is 2.89. The van der Waals surface area contributed by atoms with E-state index in [1.54, 1.807) is 29.2 Å². The largest absolute Gasteiger partial charge is 0.459 e. The van der Waals surface area contributed by atoms with E-state index in [2.05, 4.69) is 5.32 Å². The van der Waals surface area contributed by atoms with Crippen molar-refractivity contribution in [2.75, 3.05) is 18.4 Å². The van der Waals surface area contributed by atoms with Crippen LogP contribution in [0, 0.1) is 11.7 Å². The molecule has 2 amide bonds. The van der Waals surface area contributed by atoms with Gasteiger partial charge in [0.05, 0.1) is 12.2 Å². The SMILES string of the molecule is O=C(Nc1cccc(F)c1)C1CCCN(C(=O)c2ccco2)C1. The zero-order valence-electron chi connectivity index (χ0n) is 12.5. The Bertz CT molecular complexity index is 700. The second kappa shape index (κ2) is 6.64. The lowest BCUT2D eigenvalue weighted by atomic mass is 9.96. The van der Waals surface area contributed by atoms with Gasteiger partial charge >= 0.3 is 0 Å². The number of rotatable bonds is 3. The predicted molar refractivity (Wildman–Crippen MR) is 82.4 cm³/mol. The van der Waals surface area contributed by atoms with Crippen molar-refractivity contribution in [3.8, 4) is 0 Å². The fraction of sp³-hybridized carbons (Fsp3) is 0.294. The number of benzene rings is 1. The van der Waals surface area contributed by atoms with Crippen LogP contribution in [0.2, 0.25) is 0 Å². The molecule has 2 aromatic rings. The number of furan rings is 1. The third kappa shape index (κ3) is 3.59. The first kappa shape index (κ1) is 15.3. The molecule has 6 heteroatoms. The summed E-state index contributed by atoms with van der Waals surface area (Å²) in [4.78, 5) is 26.2. The van der Waals surface area contributed by atoms with Gasteiger partial charge in [0.2, 0.25) is 5.91 Å². The Kier molecular flexibility index (Phi) is 4.41. The number of piperidine rings is 1. The van der Waals surface area contributed by atoms with Crippen molar-refractivity contribution < 1.29 is 18.4 Å². The van der Waals surface area contributed by atoms with Gasteiger partial charge in [0, 0.05) is 18.8 Å². The zero-order chi connectivity index (χ0) is 16.2. The van der Waals surface area contributed by atoms with E-state index in [0.29, 0.717) is 25.2 Å². The van der Waals surface area contributed by atoms with Crippen LogP contribution >= 0.6 is 0 Å². The Morgan fingerprint density at radius 1 is 1.26 bits per heavy atom. The lowest BCUT2D eigenvalue weighted by molar-refractivity contribution is -0.121. The van der Waals surface area contributed by atoms with Gasteiger partial charge in [-0.15, -0.1) is 0 Å². The fourth-order valence-electron chi connectivity index (χ4n) is 2.74. The van der Waals surface area contributed by atoms with Crippen LogP contribution in [0.1, 0.15) is 23.4 Å². The molecule has 0 saturated carbocycles. The number of carbonyl (C=O) groups excluding carboxylic acids is 2. The number of halogens is 1. The van der Waals surface area contributed by atoms with Gasteiger partial charge in [-0.1, -0.05) is 6.07 Å². The number of anilines is 1. The lowest BCUT2D eigenvalue weighted by Gasteiger charge is -2.31. The maximum absolute atomic E-state index is 13.2. The number of likely N-dealkylation sites (tertiary alicyclic amines) is 1. The van der Waals surface area contributed by atoms with Crippen LogP contribution in [-0.4, -0.2) is 29.8 Å². The average Bonchev–Trinajstić information content (AvgIpc) is 3.09. The molecule has 23 heavy (non-hydrogen) atoms. The molecule has 0 bridgehead atoms. The molecule has 1 atom stereocenters. The Balaban J connectivity index is 1.64. The second-order valence-corrected chi connectivity index (χ2v) is 5.57. The quantitative estimate of drug-likeness (QED) is 0.947. The van der Waals surface area contributed by atoms with Crippen LogP contribution in [0.3, 0.4) is 0 Å². The van der Waals surface area contributed by atoms with Gasteiger partial charge in [-0.2, -0.15) is 0 Å². The first-order valence-electron chi connectivity index (χ1n) is 7.52. The number of nitrogens with zero attached hydrogens (tertiary/aromatic N) is 1. The summed E-state index contributed by atoms with van der Waals surface area (Å²) < 4.78 is 18.3. The van der Waals surface area contributed by atoms with Crippen LogP contribution in [0.15, 0.2) is 47.1 Å². The van der Waals surface area contributed by atoms with Gasteiger partial charge < -0.3 is 14.6 Å². The molecule has 1 aliphatic rings. The standard InChI is InChI=1S/C17H17FN2O3/c18-13-5-1-6-14(10-13)19-16(21)12-4-2-8-20(11-12)17(22)15-7-3-9-23-15/h1,3,5-7,9-10,12H,2,4,8,11H2,(H,19,21). The van der Waals surface area contributed by atoms with Crippen LogP contribution in [0.5, 0.6) is 0 Å². The Hall–Kier alpha value is -2.63. The molecule has 1 aromatic heterocycles. The van der Waals surface area contributed by atoms with Crippen molar-refractivity contribution in [2.24, 2.45) is 5.92 Å². The van der Waals surface area contributed by atoms with Crippen molar-refractivity contribution >= 4 is 17.5 Å². The Morgan fingerprint density at radius 3 is 2.87 bits per heavy atom. The smallest absolute Gasteiger partial charge is 0.289 e. The number of nitrogens with one attached hydrogen (secondary N) is 1. The molecule has 3 rings (SSSR count). The predicted octanol–water partition coefficient (Wildman–Crippen LogP) is 2.91. The minimum atomic E-state index is -0.402. The third-order valence-electron chi connectivity index (χ3n) is 3.90. The van der Waals surface area contributed by atoms with E-state index < -0.39 is 5.82 Å². The molecule has 1 fully saturated rings. The van der Waals surface area contributed by atoms with Gasteiger partial charge in [0.25, 0.3) is 5.91 Å². The normalized spacial score (nSPS) is 17.8. The summed E-state index contributed by atoms with van der Waals surface area (Å²) in [7, 11) is 0. The van der Waals surface area contributed by atoms with Gasteiger partial charge in [0.1, 0.15) is 5.82 Å². The summed E-state index contributed by atoms with van der Waals surface area (Å²) in [5, 5.41) is 2.71. The average molecular weight is 316 g/mol. The lowest BCUT2D eigenvalue weighted by Crippen LogP contribution is -2.43. The first-order valence-corrected chi connectivity index (χ1v) is 7.52. The van der Waals surface area contributed by atoms with Gasteiger partial charge in [-0.25, -0.2) is 4.39 Å². The van der Waals surface area contributed by atoms with Crippen LogP contribution in [-0.2, 0) is 4.79 Å².